The van der Waals surface area contributed by atoms with Crippen LogP contribution in [0.25, 0.3) is 0 Å². The fourth-order valence-electron chi connectivity index (χ4n) is 2.22. The highest BCUT2D eigenvalue weighted by Crippen LogP contribution is 2.26. The van der Waals surface area contributed by atoms with E-state index in [1.165, 1.54) is 12.8 Å². The van der Waals surface area contributed by atoms with Crippen molar-refractivity contribution in [2.24, 2.45) is 7.05 Å². The summed E-state index contributed by atoms with van der Waals surface area (Å²) in [5.41, 5.74) is 0. The summed E-state index contributed by atoms with van der Waals surface area (Å²) in [6, 6.07) is 1.73. The van der Waals surface area contributed by atoms with Crippen LogP contribution in [0.2, 0.25) is 0 Å². The molecular formula is C13H24N4. The van der Waals surface area contributed by atoms with Crippen molar-refractivity contribution in [3.63, 3.8) is 0 Å². The van der Waals surface area contributed by atoms with E-state index in [0.29, 0.717) is 12.1 Å². The summed E-state index contributed by atoms with van der Waals surface area (Å²) in [5.74, 6) is 1.10. The number of nitrogens with one attached hydrogen (secondary N) is 1. The van der Waals surface area contributed by atoms with Gasteiger partial charge < -0.3 is 9.88 Å². The van der Waals surface area contributed by atoms with Gasteiger partial charge in [0.1, 0.15) is 5.82 Å². The monoisotopic (exact) mass is 236 g/mol. The molecule has 0 aliphatic heterocycles. The Labute approximate surface area is 104 Å². The number of imidazole rings is 1. The first-order valence-electron chi connectivity index (χ1n) is 6.52. The molecule has 17 heavy (non-hydrogen) atoms. The zero-order valence-corrected chi connectivity index (χ0v) is 11.3. The number of hydrogen-bond acceptors (Lipinski definition) is 3. The molecule has 1 N–H and O–H groups in total. The Bertz CT molecular complexity index is 356. The van der Waals surface area contributed by atoms with Gasteiger partial charge in [0, 0.05) is 38.1 Å². The third-order valence-corrected chi connectivity index (χ3v) is 3.78. The molecule has 1 heterocycles. The molecule has 1 aromatic rings. The minimum absolute atomic E-state index is 0.310. The molecule has 1 aromatic heterocycles. The van der Waals surface area contributed by atoms with E-state index in [2.05, 4.69) is 40.7 Å². The number of likely N-dealkylation sites (N-methyl/N-ethyl adjacent to an activating group) is 1. The lowest BCUT2D eigenvalue weighted by molar-refractivity contribution is 0.236. The van der Waals surface area contributed by atoms with Gasteiger partial charge in [-0.3, -0.25) is 4.90 Å². The van der Waals surface area contributed by atoms with Crippen LogP contribution in [-0.2, 0) is 7.05 Å². The number of rotatable bonds is 6. The maximum Gasteiger partial charge on any atom is 0.125 e. The van der Waals surface area contributed by atoms with Gasteiger partial charge in [0.25, 0.3) is 0 Å². The Morgan fingerprint density at radius 2 is 2.24 bits per heavy atom. The molecule has 0 radical (unpaired) electrons. The Morgan fingerprint density at radius 3 is 2.76 bits per heavy atom. The van der Waals surface area contributed by atoms with Gasteiger partial charge in [-0.25, -0.2) is 4.98 Å². The average molecular weight is 236 g/mol. The molecule has 2 atom stereocenters. The van der Waals surface area contributed by atoms with E-state index in [1.807, 2.05) is 19.4 Å². The van der Waals surface area contributed by atoms with Crippen LogP contribution in [0, 0.1) is 0 Å². The Kier molecular flexibility index (Phi) is 3.84. The van der Waals surface area contributed by atoms with Crippen LogP contribution in [0.1, 0.15) is 38.6 Å². The highest BCUT2D eigenvalue weighted by molar-refractivity contribution is 4.97. The minimum atomic E-state index is 0.310. The van der Waals surface area contributed by atoms with E-state index >= 15 is 0 Å². The summed E-state index contributed by atoms with van der Waals surface area (Å²) in [5, 5.41) is 3.56. The summed E-state index contributed by atoms with van der Waals surface area (Å²) in [6.07, 6.45) is 6.59. The Morgan fingerprint density at radius 1 is 1.53 bits per heavy atom. The van der Waals surface area contributed by atoms with Crippen LogP contribution < -0.4 is 5.32 Å². The zero-order chi connectivity index (χ0) is 12.4. The van der Waals surface area contributed by atoms with Crippen molar-refractivity contribution in [3.05, 3.63) is 18.2 Å². The van der Waals surface area contributed by atoms with Gasteiger partial charge in [0.15, 0.2) is 0 Å². The third-order valence-electron chi connectivity index (χ3n) is 3.78. The molecule has 4 heteroatoms. The molecular weight excluding hydrogens is 212 g/mol. The van der Waals surface area contributed by atoms with Gasteiger partial charge >= 0.3 is 0 Å². The van der Waals surface area contributed by atoms with Crippen LogP contribution in [-0.4, -0.2) is 40.1 Å². The lowest BCUT2D eigenvalue weighted by Gasteiger charge is -2.26. The maximum absolute atomic E-state index is 4.37. The van der Waals surface area contributed by atoms with E-state index in [0.717, 1.165) is 18.4 Å². The molecule has 0 aromatic carbocycles. The molecule has 0 saturated heterocycles. The predicted molar refractivity (Wildman–Crippen MR) is 69.9 cm³/mol. The minimum Gasteiger partial charge on any atom is -0.337 e. The van der Waals surface area contributed by atoms with Crippen LogP contribution >= 0.6 is 0 Å². The van der Waals surface area contributed by atoms with Crippen molar-refractivity contribution >= 4 is 0 Å². The van der Waals surface area contributed by atoms with Crippen molar-refractivity contribution in [2.45, 2.75) is 44.8 Å². The van der Waals surface area contributed by atoms with Crippen LogP contribution in [0.4, 0.5) is 0 Å². The zero-order valence-electron chi connectivity index (χ0n) is 11.3. The summed E-state index contributed by atoms with van der Waals surface area (Å²) < 4.78 is 2.08. The van der Waals surface area contributed by atoms with Gasteiger partial charge in [-0.15, -0.1) is 0 Å². The number of aryl methyl sites for hydroxylation is 1. The summed E-state index contributed by atoms with van der Waals surface area (Å²) in [4.78, 5) is 6.86. The molecule has 0 amide bonds. The van der Waals surface area contributed by atoms with Crippen molar-refractivity contribution in [3.8, 4) is 0 Å². The smallest absolute Gasteiger partial charge is 0.125 e. The second-order valence-corrected chi connectivity index (χ2v) is 5.27. The van der Waals surface area contributed by atoms with Gasteiger partial charge in [-0.2, -0.15) is 0 Å². The Balaban J connectivity index is 1.79. The fourth-order valence-corrected chi connectivity index (χ4v) is 2.22. The lowest BCUT2D eigenvalue weighted by Crippen LogP contribution is -2.40. The highest BCUT2D eigenvalue weighted by atomic mass is 15.2. The molecule has 1 fully saturated rings. The molecule has 1 aliphatic rings. The van der Waals surface area contributed by atoms with E-state index < -0.39 is 0 Å². The first-order valence-corrected chi connectivity index (χ1v) is 6.52. The van der Waals surface area contributed by atoms with Crippen LogP contribution in [0.3, 0.4) is 0 Å². The van der Waals surface area contributed by atoms with Crippen molar-refractivity contribution in [1.82, 2.24) is 19.8 Å². The molecule has 1 saturated carbocycles. The largest absolute Gasteiger partial charge is 0.337 e. The Hall–Kier alpha value is -0.870. The predicted octanol–water partition coefficient (Wildman–Crippen LogP) is 1.55. The van der Waals surface area contributed by atoms with Crippen LogP contribution in [0.15, 0.2) is 12.4 Å². The van der Waals surface area contributed by atoms with Crippen molar-refractivity contribution in [1.29, 1.82) is 0 Å². The van der Waals surface area contributed by atoms with E-state index in [9.17, 15) is 0 Å². The number of aromatic nitrogens is 2. The van der Waals surface area contributed by atoms with Gasteiger partial charge in [0.2, 0.25) is 0 Å². The standard InChI is InChI=1S/C13H24N4/c1-10(17(4)12-5-6-12)9-15-11(2)13-14-7-8-16(13)3/h7-8,10-12,15H,5-6,9H2,1-4H3. The first-order chi connectivity index (χ1) is 8.09. The topological polar surface area (TPSA) is 33.1 Å². The molecule has 4 nitrogen and oxygen atoms in total. The normalized spacial score (nSPS) is 19.6. The summed E-state index contributed by atoms with van der Waals surface area (Å²) in [7, 11) is 4.27. The number of hydrogen-bond donors (Lipinski definition) is 1. The average Bonchev–Trinajstić information content (AvgIpc) is 3.07. The van der Waals surface area contributed by atoms with Crippen molar-refractivity contribution < 1.29 is 0 Å². The van der Waals surface area contributed by atoms with E-state index in [-0.39, 0.29) is 0 Å². The summed E-state index contributed by atoms with van der Waals surface area (Å²) in [6.45, 7) is 5.48. The molecule has 2 unspecified atom stereocenters. The second-order valence-electron chi connectivity index (χ2n) is 5.27. The van der Waals surface area contributed by atoms with Gasteiger partial charge in [-0.1, -0.05) is 0 Å². The third kappa shape index (κ3) is 3.07. The second kappa shape index (κ2) is 5.19. The first kappa shape index (κ1) is 12.6. The SMILES string of the molecule is CC(NCC(C)N(C)C1CC1)c1nccn1C. The molecule has 2 rings (SSSR count). The quantitative estimate of drug-likeness (QED) is 0.813. The van der Waals surface area contributed by atoms with Crippen LogP contribution in [0.5, 0.6) is 0 Å². The van der Waals surface area contributed by atoms with E-state index in [1.54, 1.807) is 0 Å². The fraction of sp³-hybridized carbons (Fsp3) is 0.769. The lowest BCUT2D eigenvalue weighted by atomic mass is 10.2. The number of nitrogens with zero attached hydrogens (tertiary/aromatic N) is 3. The molecule has 0 bridgehead atoms. The maximum atomic E-state index is 4.37. The summed E-state index contributed by atoms with van der Waals surface area (Å²) >= 11 is 0. The van der Waals surface area contributed by atoms with Crippen molar-refractivity contribution in [2.75, 3.05) is 13.6 Å². The molecule has 0 spiro atoms. The highest BCUT2D eigenvalue weighted by Gasteiger charge is 2.29. The molecule has 96 valence electrons. The van der Waals surface area contributed by atoms with Gasteiger partial charge in [-0.05, 0) is 33.7 Å². The van der Waals surface area contributed by atoms with E-state index in [4.69, 9.17) is 0 Å². The van der Waals surface area contributed by atoms with Gasteiger partial charge in [0.05, 0.1) is 6.04 Å². The molecule has 1 aliphatic carbocycles.